The molecule has 0 fully saturated rings. The van der Waals surface area contributed by atoms with E-state index in [0.717, 1.165) is 17.7 Å². The van der Waals surface area contributed by atoms with E-state index >= 15 is 0 Å². The number of benzene rings is 2. The fraction of sp³-hybridized carbons (Fsp3) is 0.0667. The summed E-state index contributed by atoms with van der Waals surface area (Å²) in [5.74, 6) is -1.30. The monoisotopic (exact) mass is 305 g/mol. The van der Waals surface area contributed by atoms with Crippen LogP contribution in [0.25, 0.3) is 0 Å². The molecule has 2 N–H and O–H groups in total. The van der Waals surface area contributed by atoms with Crippen molar-refractivity contribution in [2.24, 2.45) is 5.10 Å². The van der Waals surface area contributed by atoms with E-state index in [0.29, 0.717) is 11.7 Å². The van der Waals surface area contributed by atoms with E-state index in [1.807, 2.05) is 30.3 Å². The van der Waals surface area contributed by atoms with Gasteiger partial charge in [-0.05, 0) is 29.9 Å². The van der Waals surface area contributed by atoms with Crippen molar-refractivity contribution in [3.8, 4) is 0 Å². The Morgan fingerprint density at radius 3 is 2.62 bits per heavy atom. The first kappa shape index (κ1) is 15.1. The van der Waals surface area contributed by atoms with Gasteiger partial charge in [-0.3, -0.25) is 5.43 Å². The minimum absolute atomic E-state index is 0.176. The van der Waals surface area contributed by atoms with Crippen LogP contribution in [0.15, 0.2) is 53.6 Å². The molecule has 0 radical (unpaired) electrons. The summed E-state index contributed by atoms with van der Waals surface area (Å²) in [7, 11) is 0. The highest BCUT2D eigenvalue weighted by Crippen LogP contribution is 2.06. The van der Waals surface area contributed by atoms with E-state index in [2.05, 4.69) is 15.8 Å². The molecule has 0 atom stereocenters. The molecule has 0 spiro atoms. The Labute approximate surface area is 126 Å². The van der Waals surface area contributed by atoms with Crippen molar-refractivity contribution in [2.45, 2.75) is 6.54 Å². The van der Waals surface area contributed by atoms with E-state index in [9.17, 15) is 8.78 Å². The average Bonchev–Trinajstić information content (AvgIpc) is 2.48. The number of nitrogens with zero attached hydrogens (tertiary/aromatic N) is 1. The quantitative estimate of drug-likeness (QED) is 0.518. The van der Waals surface area contributed by atoms with Gasteiger partial charge in [0.1, 0.15) is 11.6 Å². The smallest absolute Gasteiger partial charge is 0.187 e. The molecule has 0 aromatic heterocycles. The van der Waals surface area contributed by atoms with Crippen molar-refractivity contribution in [1.29, 1.82) is 0 Å². The lowest BCUT2D eigenvalue weighted by molar-refractivity contribution is 0.582. The fourth-order valence-corrected chi connectivity index (χ4v) is 1.71. The van der Waals surface area contributed by atoms with Gasteiger partial charge in [-0.25, -0.2) is 8.78 Å². The van der Waals surface area contributed by atoms with Gasteiger partial charge in [0.15, 0.2) is 5.11 Å². The molecule has 0 amide bonds. The van der Waals surface area contributed by atoms with E-state index in [1.54, 1.807) is 0 Å². The standard InChI is InChI=1S/C15H13F2N3S/c16-13-7-6-12(14(17)8-13)10-19-20-15(21)18-9-11-4-2-1-3-5-11/h1-8,10H,9H2,(H2,18,20,21)/b19-10+. The maximum Gasteiger partial charge on any atom is 0.187 e. The van der Waals surface area contributed by atoms with Crippen LogP contribution in [0.1, 0.15) is 11.1 Å². The SMILES string of the molecule is Fc1ccc(/C=N/NC(=S)NCc2ccccc2)c(F)c1. The first-order valence-electron chi connectivity index (χ1n) is 6.21. The van der Waals surface area contributed by atoms with Crippen LogP contribution in [-0.2, 0) is 6.54 Å². The van der Waals surface area contributed by atoms with Gasteiger partial charge in [-0.1, -0.05) is 30.3 Å². The number of thiocarbonyl (C=S) groups is 1. The zero-order valence-electron chi connectivity index (χ0n) is 11.0. The molecule has 0 aliphatic heterocycles. The van der Waals surface area contributed by atoms with Crippen LogP contribution >= 0.6 is 12.2 Å². The lowest BCUT2D eigenvalue weighted by atomic mass is 10.2. The summed E-state index contributed by atoms with van der Waals surface area (Å²) in [4.78, 5) is 0. The minimum Gasteiger partial charge on any atom is -0.357 e. The summed E-state index contributed by atoms with van der Waals surface area (Å²) in [6.45, 7) is 0.563. The van der Waals surface area contributed by atoms with E-state index < -0.39 is 11.6 Å². The third-order valence-corrected chi connectivity index (χ3v) is 2.86. The van der Waals surface area contributed by atoms with Crippen molar-refractivity contribution in [1.82, 2.24) is 10.7 Å². The van der Waals surface area contributed by atoms with Crippen LogP contribution in [0, 0.1) is 11.6 Å². The second kappa shape index (κ2) is 7.44. The maximum absolute atomic E-state index is 13.3. The number of hydrazone groups is 1. The van der Waals surface area contributed by atoms with Crippen LogP contribution in [0.4, 0.5) is 8.78 Å². The van der Waals surface area contributed by atoms with E-state index in [4.69, 9.17) is 12.2 Å². The Morgan fingerprint density at radius 2 is 1.90 bits per heavy atom. The molecule has 2 aromatic rings. The van der Waals surface area contributed by atoms with Crippen LogP contribution < -0.4 is 10.7 Å². The first-order valence-corrected chi connectivity index (χ1v) is 6.62. The van der Waals surface area contributed by atoms with Gasteiger partial charge in [0.05, 0.1) is 6.21 Å². The molecule has 0 saturated carbocycles. The minimum atomic E-state index is -0.677. The molecule has 2 rings (SSSR count). The van der Waals surface area contributed by atoms with Crippen LogP contribution in [-0.4, -0.2) is 11.3 Å². The summed E-state index contributed by atoms with van der Waals surface area (Å²) >= 11 is 5.03. The molecule has 108 valence electrons. The van der Waals surface area contributed by atoms with Gasteiger partial charge in [-0.2, -0.15) is 5.10 Å². The van der Waals surface area contributed by atoms with Gasteiger partial charge in [0.2, 0.25) is 0 Å². The van der Waals surface area contributed by atoms with E-state index in [1.165, 1.54) is 12.3 Å². The summed E-state index contributed by atoms with van der Waals surface area (Å²) in [5.41, 5.74) is 3.83. The number of halogens is 2. The number of nitrogens with one attached hydrogen (secondary N) is 2. The van der Waals surface area contributed by atoms with Gasteiger partial charge >= 0.3 is 0 Å². The van der Waals surface area contributed by atoms with Gasteiger partial charge in [0, 0.05) is 18.2 Å². The Morgan fingerprint density at radius 1 is 1.14 bits per heavy atom. The maximum atomic E-state index is 13.3. The largest absolute Gasteiger partial charge is 0.357 e. The Bertz CT molecular complexity index is 645. The summed E-state index contributed by atoms with van der Waals surface area (Å²) in [6.07, 6.45) is 1.24. The normalized spacial score (nSPS) is 10.6. The highest BCUT2D eigenvalue weighted by Gasteiger charge is 2.00. The summed E-state index contributed by atoms with van der Waals surface area (Å²) in [5, 5.41) is 7.08. The third kappa shape index (κ3) is 4.92. The zero-order chi connectivity index (χ0) is 15.1. The Balaban J connectivity index is 1.82. The lowest BCUT2D eigenvalue weighted by Crippen LogP contribution is -2.31. The molecule has 0 unspecified atom stereocenters. The molecule has 0 heterocycles. The molecule has 0 aliphatic carbocycles. The molecular weight excluding hydrogens is 292 g/mol. The topological polar surface area (TPSA) is 36.4 Å². The van der Waals surface area contributed by atoms with Crippen molar-refractivity contribution in [3.63, 3.8) is 0 Å². The summed E-state index contributed by atoms with van der Waals surface area (Å²) in [6, 6.07) is 13.0. The lowest BCUT2D eigenvalue weighted by Gasteiger charge is -2.06. The Hall–Kier alpha value is -2.34. The number of hydrogen-bond donors (Lipinski definition) is 2. The molecular formula is C15H13F2N3S. The van der Waals surface area contributed by atoms with Gasteiger partial charge < -0.3 is 5.32 Å². The van der Waals surface area contributed by atoms with Crippen LogP contribution in [0.3, 0.4) is 0 Å². The second-order valence-electron chi connectivity index (χ2n) is 4.20. The predicted octanol–water partition coefficient (Wildman–Crippen LogP) is 2.96. The third-order valence-electron chi connectivity index (χ3n) is 2.63. The number of rotatable bonds is 4. The molecule has 0 aliphatic rings. The van der Waals surface area contributed by atoms with Crippen molar-refractivity contribution in [2.75, 3.05) is 0 Å². The van der Waals surface area contributed by atoms with Gasteiger partial charge in [0.25, 0.3) is 0 Å². The molecule has 2 aromatic carbocycles. The second-order valence-corrected chi connectivity index (χ2v) is 4.61. The predicted molar refractivity (Wildman–Crippen MR) is 83.0 cm³/mol. The fourth-order valence-electron chi connectivity index (χ4n) is 1.58. The highest BCUT2D eigenvalue weighted by molar-refractivity contribution is 7.80. The zero-order valence-corrected chi connectivity index (χ0v) is 11.8. The molecule has 0 saturated heterocycles. The number of hydrogen-bond acceptors (Lipinski definition) is 2. The molecule has 6 heteroatoms. The molecule has 0 bridgehead atoms. The van der Waals surface area contributed by atoms with Crippen LogP contribution in [0.2, 0.25) is 0 Å². The van der Waals surface area contributed by atoms with Gasteiger partial charge in [-0.15, -0.1) is 0 Å². The Kier molecular flexibility index (Phi) is 5.34. The van der Waals surface area contributed by atoms with Crippen molar-refractivity contribution < 1.29 is 8.78 Å². The molecule has 3 nitrogen and oxygen atoms in total. The van der Waals surface area contributed by atoms with E-state index in [-0.39, 0.29) is 5.56 Å². The first-order chi connectivity index (χ1) is 10.1. The van der Waals surface area contributed by atoms with Crippen LogP contribution in [0.5, 0.6) is 0 Å². The molecule has 21 heavy (non-hydrogen) atoms. The van der Waals surface area contributed by atoms with Crippen molar-refractivity contribution >= 4 is 23.5 Å². The summed E-state index contributed by atoms with van der Waals surface area (Å²) < 4.78 is 26.1. The average molecular weight is 305 g/mol. The highest BCUT2D eigenvalue weighted by atomic mass is 32.1. The van der Waals surface area contributed by atoms with Crippen molar-refractivity contribution in [3.05, 3.63) is 71.3 Å².